The Labute approximate surface area is 99.2 Å². The number of hydroxylamine groups is 2. The monoisotopic (exact) mass is 548 g/mol. The summed E-state index contributed by atoms with van der Waals surface area (Å²) in [7, 11) is 1.01. The van der Waals surface area contributed by atoms with Gasteiger partial charge in [0, 0.05) is 0 Å². The molecule has 0 aliphatic carbocycles. The normalized spacial score (nSPS) is 23.8. The van der Waals surface area contributed by atoms with E-state index < -0.39 is 47.2 Å². The topological polar surface area (TPSA) is 124 Å². The van der Waals surface area contributed by atoms with Crippen LogP contribution in [0, 0.1) is 20.8 Å². The van der Waals surface area contributed by atoms with Gasteiger partial charge in [0.15, 0.2) is 0 Å². The SMILES string of the molecule is CN([O-])ON([O-])[I-]I1[I-]N([O-])ON1[O-]. The van der Waals surface area contributed by atoms with Crippen LogP contribution in [0.2, 0.25) is 0 Å². The summed E-state index contributed by atoms with van der Waals surface area (Å²) < 4.78 is 0.575. The van der Waals surface area contributed by atoms with Crippen LogP contribution in [0.15, 0.2) is 0 Å². The fourth-order valence-corrected chi connectivity index (χ4v) is 22.5. The van der Waals surface area contributed by atoms with Crippen LogP contribution in [0.5, 0.6) is 0 Å². The van der Waals surface area contributed by atoms with Crippen LogP contribution in [0.1, 0.15) is 0 Å². The molecule has 0 aromatic carbocycles. The zero-order chi connectivity index (χ0) is 10.7. The third-order valence-electron chi connectivity index (χ3n) is 0.622. The van der Waals surface area contributed by atoms with E-state index in [-0.39, 0.29) is 15.5 Å². The molecule has 1 aliphatic rings. The fraction of sp³-hybridized carbons (Fsp3) is 1.00. The number of nitrogens with zero attached hydrogens (tertiary/aromatic N) is 4. The summed E-state index contributed by atoms with van der Waals surface area (Å²) in [6.45, 7) is 0. The molecule has 0 bridgehead atoms. The Bertz CT molecular complexity index is 184. The van der Waals surface area contributed by atoms with Crippen molar-refractivity contribution in [1.82, 2.24) is 15.5 Å². The zero-order valence-electron chi connectivity index (χ0n) is 6.37. The van der Waals surface area contributed by atoms with E-state index in [1.54, 1.807) is 0 Å². The minimum absolute atomic E-state index is 0.0117. The molecule has 1 heterocycles. The van der Waals surface area contributed by atoms with E-state index >= 15 is 0 Å². The van der Waals surface area contributed by atoms with Crippen molar-refractivity contribution >= 4 is 12.1 Å². The molecule has 90 valence electrons. The Kier molecular flexibility index (Phi) is 6.44. The molecule has 14 heavy (non-hydrogen) atoms. The second-order valence-electron chi connectivity index (χ2n) is 1.55. The molecular formula is CH3I3N4O6-6. The molecule has 0 radical (unpaired) electrons. The number of rotatable bonds is 4. The van der Waals surface area contributed by atoms with Gasteiger partial charge in [0.05, 0.1) is 0 Å². The van der Waals surface area contributed by atoms with Gasteiger partial charge >= 0.3 is 100 Å². The van der Waals surface area contributed by atoms with Crippen LogP contribution < -0.4 is 35.0 Å². The van der Waals surface area contributed by atoms with Crippen LogP contribution in [0.4, 0.5) is 0 Å². The minimum atomic E-state index is -2.31. The van der Waals surface area contributed by atoms with Crippen LogP contribution in [-0.2, 0) is 9.88 Å². The van der Waals surface area contributed by atoms with Crippen LogP contribution in [-0.4, -0.2) is 22.6 Å². The van der Waals surface area contributed by atoms with Gasteiger partial charge in [-0.05, 0) is 0 Å². The summed E-state index contributed by atoms with van der Waals surface area (Å²) in [5.74, 6) is 0. The summed E-state index contributed by atoms with van der Waals surface area (Å²) in [6, 6.07) is 0. The molecule has 10 nitrogen and oxygen atoms in total. The third kappa shape index (κ3) is 4.75. The third-order valence-corrected chi connectivity index (χ3v) is 27.4. The molecule has 0 unspecified atom stereocenters. The Morgan fingerprint density at radius 1 is 1.50 bits per heavy atom. The maximum atomic E-state index is 10.9. The number of hydrogen-bond acceptors (Lipinski definition) is 10. The fourth-order valence-electron chi connectivity index (χ4n) is 0.331. The zero-order valence-corrected chi connectivity index (χ0v) is 12.8. The molecular weight excluding hydrogens is 545 g/mol. The molecule has 0 N–H and O–H groups in total. The average Bonchev–Trinajstić information content (AvgIpc) is 2.28. The van der Waals surface area contributed by atoms with Crippen molar-refractivity contribution in [1.29, 1.82) is 0 Å². The van der Waals surface area contributed by atoms with Crippen molar-refractivity contribution in [2.45, 2.75) is 0 Å². The molecule has 0 aromatic heterocycles. The van der Waals surface area contributed by atoms with Gasteiger partial charge in [-0.15, -0.1) is 0 Å². The van der Waals surface area contributed by atoms with Crippen LogP contribution in [0.25, 0.3) is 0 Å². The van der Waals surface area contributed by atoms with Crippen LogP contribution in [0.3, 0.4) is 0 Å². The first kappa shape index (κ1) is 13.9. The first-order chi connectivity index (χ1) is 6.49. The standard InChI is InChI=1S/CH3I3N4O6/c1-5(9)13-6(10)2-4-3-7(11)14-8(4)12/h1H3/q-6. The van der Waals surface area contributed by atoms with Gasteiger partial charge in [-0.1, -0.05) is 0 Å². The van der Waals surface area contributed by atoms with E-state index in [1.807, 2.05) is 0 Å². The number of hydrogen-bond donors (Lipinski definition) is 0. The van der Waals surface area contributed by atoms with E-state index in [0.717, 1.165) is 7.05 Å². The van der Waals surface area contributed by atoms with Gasteiger partial charge in [0.1, 0.15) is 0 Å². The van der Waals surface area contributed by atoms with Gasteiger partial charge in [-0.25, -0.2) is 0 Å². The maximum absolute atomic E-state index is 10.9. The predicted octanol–water partition coefficient (Wildman–Crippen LogP) is -6.22. The second-order valence-corrected chi connectivity index (χ2v) is 31.4. The summed E-state index contributed by atoms with van der Waals surface area (Å²) in [4.78, 5) is 8.28. The number of halogens is 3. The van der Waals surface area contributed by atoms with Crippen molar-refractivity contribution < 1.29 is 44.9 Å². The Hall–Kier alpha value is 1.79. The second kappa shape index (κ2) is 6.51. The molecule has 0 atom stereocenters. The van der Waals surface area contributed by atoms with Crippen molar-refractivity contribution in [2.75, 3.05) is 7.05 Å². The van der Waals surface area contributed by atoms with E-state index in [1.165, 1.54) is 0 Å². The van der Waals surface area contributed by atoms with Gasteiger partial charge in [-0.3, -0.25) is 0 Å². The molecule has 0 spiro atoms. The van der Waals surface area contributed by atoms with E-state index in [9.17, 15) is 20.8 Å². The molecule has 1 saturated heterocycles. The van der Waals surface area contributed by atoms with Crippen molar-refractivity contribution in [3.8, 4) is 0 Å². The van der Waals surface area contributed by atoms with Crippen LogP contribution >= 0.6 is 12.1 Å². The Morgan fingerprint density at radius 2 is 2.14 bits per heavy atom. The summed E-state index contributed by atoms with van der Waals surface area (Å²) in [5, 5.41) is 42.6. The van der Waals surface area contributed by atoms with Gasteiger partial charge in [-0.2, -0.15) is 0 Å². The van der Waals surface area contributed by atoms with Gasteiger partial charge < -0.3 is 0 Å². The summed E-state index contributed by atoms with van der Waals surface area (Å²) in [5.41, 5.74) is 0. The Balaban J connectivity index is 2.29. The van der Waals surface area contributed by atoms with Crippen molar-refractivity contribution in [3.05, 3.63) is 20.8 Å². The van der Waals surface area contributed by atoms with E-state index in [4.69, 9.17) is 0 Å². The van der Waals surface area contributed by atoms with Gasteiger partial charge in [0.2, 0.25) is 0 Å². The first-order valence-corrected chi connectivity index (χ1v) is 18.2. The quantitative estimate of drug-likeness (QED) is 0.191. The predicted molar refractivity (Wildman–Crippen MR) is 42.9 cm³/mol. The summed E-state index contributed by atoms with van der Waals surface area (Å²) in [6.07, 6.45) is 0. The van der Waals surface area contributed by atoms with Gasteiger partial charge in [0.25, 0.3) is 0 Å². The Morgan fingerprint density at radius 3 is 2.57 bits per heavy atom. The van der Waals surface area contributed by atoms with E-state index in [2.05, 4.69) is 9.88 Å². The molecule has 0 aromatic rings. The van der Waals surface area contributed by atoms with E-state index in [0.29, 0.717) is 0 Å². The molecule has 1 rings (SSSR count). The molecule has 1 fully saturated rings. The average molecular weight is 548 g/mol. The molecule has 0 amide bonds. The molecule has 13 heteroatoms. The molecule has 0 saturated carbocycles. The first-order valence-electron chi connectivity index (χ1n) is 2.70. The summed E-state index contributed by atoms with van der Waals surface area (Å²) >= 11 is -4.64. The van der Waals surface area contributed by atoms with Crippen molar-refractivity contribution in [2.24, 2.45) is 0 Å². The van der Waals surface area contributed by atoms with Crippen molar-refractivity contribution in [3.63, 3.8) is 0 Å². The molecule has 1 aliphatic heterocycles.